The van der Waals surface area contributed by atoms with E-state index in [1.807, 2.05) is 42.5 Å². The number of methoxy groups -OCH3 is 1. The lowest BCUT2D eigenvalue weighted by Gasteiger charge is -2.14. The summed E-state index contributed by atoms with van der Waals surface area (Å²) in [5, 5.41) is 0.318. The molecule has 0 spiro atoms. The number of rotatable bonds is 7. The molecule has 0 bridgehead atoms. The Morgan fingerprint density at radius 2 is 1.76 bits per heavy atom. The molecule has 0 aliphatic carbocycles. The molecule has 1 fully saturated rings. The fraction of sp³-hybridized carbons (Fsp3) is 0.120. The second kappa shape index (κ2) is 11.0. The van der Waals surface area contributed by atoms with Crippen molar-refractivity contribution in [2.75, 3.05) is 7.11 Å². The zero-order valence-electron chi connectivity index (χ0n) is 17.9. The highest BCUT2D eigenvalue weighted by Crippen LogP contribution is 2.39. The predicted molar refractivity (Wildman–Crippen MR) is 142 cm³/mol. The molecule has 0 aromatic heterocycles. The maximum Gasteiger partial charge on any atom is 0.293 e. The van der Waals surface area contributed by atoms with Crippen LogP contribution in [0.4, 0.5) is 4.79 Å². The van der Waals surface area contributed by atoms with Crippen molar-refractivity contribution in [3.8, 4) is 11.5 Å². The second-order valence-electron chi connectivity index (χ2n) is 7.30. The fourth-order valence-corrected chi connectivity index (χ4v) is 4.98. The van der Waals surface area contributed by atoms with E-state index in [1.165, 1.54) is 4.90 Å². The molecule has 0 atom stereocenters. The van der Waals surface area contributed by atoms with E-state index >= 15 is 0 Å². The van der Waals surface area contributed by atoms with Gasteiger partial charge in [-0.05, 0) is 59.3 Å². The molecule has 1 aliphatic rings. The number of hydrogen-bond acceptors (Lipinski definition) is 5. The summed E-state index contributed by atoms with van der Waals surface area (Å²) in [5.41, 5.74) is 2.41. The maximum absolute atomic E-state index is 12.9. The fourth-order valence-electron chi connectivity index (χ4n) is 3.25. The van der Waals surface area contributed by atoms with Crippen molar-refractivity contribution in [3.05, 3.63) is 96.2 Å². The Hall–Kier alpha value is -2.26. The minimum atomic E-state index is -0.331. The number of imide groups is 1. The molecule has 34 heavy (non-hydrogen) atoms. The molecular formula is C25H18Br2ClNO4S. The van der Waals surface area contributed by atoms with Crippen LogP contribution >= 0.6 is 55.2 Å². The van der Waals surface area contributed by atoms with E-state index in [9.17, 15) is 9.59 Å². The van der Waals surface area contributed by atoms with Crippen molar-refractivity contribution in [2.45, 2.75) is 13.2 Å². The number of hydrogen-bond donors (Lipinski definition) is 0. The molecule has 0 unspecified atom stereocenters. The van der Waals surface area contributed by atoms with Crippen LogP contribution in [-0.2, 0) is 17.9 Å². The molecule has 4 rings (SSSR count). The first kappa shape index (κ1) is 24.9. The summed E-state index contributed by atoms with van der Waals surface area (Å²) in [6.45, 7) is 0.491. The first-order valence-electron chi connectivity index (χ1n) is 10.1. The van der Waals surface area contributed by atoms with Gasteiger partial charge < -0.3 is 9.47 Å². The monoisotopic (exact) mass is 621 g/mol. The lowest BCUT2D eigenvalue weighted by Crippen LogP contribution is -2.27. The Bertz CT molecular complexity index is 1280. The Labute approximate surface area is 223 Å². The van der Waals surface area contributed by atoms with Crippen molar-refractivity contribution in [1.29, 1.82) is 0 Å². The zero-order chi connectivity index (χ0) is 24.2. The molecule has 9 heteroatoms. The van der Waals surface area contributed by atoms with Gasteiger partial charge in [0.05, 0.1) is 18.6 Å². The van der Waals surface area contributed by atoms with E-state index in [0.717, 1.165) is 27.4 Å². The number of benzene rings is 3. The van der Waals surface area contributed by atoms with E-state index in [2.05, 4.69) is 31.9 Å². The Morgan fingerprint density at radius 3 is 2.47 bits per heavy atom. The summed E-state index contributed by atoms with van der Waals surface area (Å²) in [6.07, 6.45) is 1.68. The summed E-state index contributed by atoms with van der Waals surface area (Å²) in [5.74, 6) is 0.688. The lowest BCUT2D eigenvalue weighted by atomic mass is 10.1. The normalized spacial score (nSPS) is 14.7. The van der Waals surface area contributed by atoms with Crippen LogP contribution in [0.1, 0.15) is 16.7 Å². The minimum Gasteiger partial charge on any atom is -0.493 e. The SMILES string of the molecule is COc1cc(/C=C2\SC(=O)N(Cc3ccc(Br)cc3)C2=O)c(Br)cc1OCc1ccccc1Cl. The van der Waals surface area contributed by atoms with Crippen molar-refractivity contribution >= 4 is 72.4 Å². The number of carbonyl (C=O) groups is 2. The third kappa shape index (κ3) is 5.68. The number of nitrogens with zero attached hydrogens (tertiary/aromatic N) is 1. The molecule has 1 aliphatic heterocycles. The molecule has 5 nitrogen and oxygen atoms in total. The van der Waals surface area contributed by atoms with Crippen LogP contribution < -0.4 is 9.47 Å². The summed E-state index contributed by atoms with van der Waals surface area (Å²) in [4.78, 5) is 27.0. The van der Waals surface area contributed by atoms with Gasteiger partial charge in [-0.1, -0.05) is 73.8 Å². The summed E-state index contributed by atoms with van der Waals surface area (Å²) >= 11 is 14.1. The van der Waals surface area contributed by atoms with Gasteiger partial charge in [0.1, 0.15) is 6.61 Å². The number of carbonyl (C=O) groups excluding carboxylic acids is 2. The van der Waals surface area contributed by atoms with Gasteiger partial charge in [0.15, 0.2) is 11.5 Å². The van der Waals surface area contributed by atoms with Crippen LogP contribution in [0.2, 0.25) is 5.02 Å². The van der Waals surface area contributed by atoms with Gasteiger partial charge >= 0.3 is 0 Å². The number of halogens is 3. The van der Waals surface area contributed by atoms with Gasteiger partial charge in [-0.3, -0.25) is 14.5 Å². The number of ether oxygens (including phenoxy) is 2. The van der Waals surface area contributed by atoms with Crippen LogP contribution in [0.5, 0.6) is 11.5 Å². The van der Waals surface area contributed by atoms with Gasteiger partial charge in [-0.25, -0.2) is 0 Å². The summed E-state index contributed by atoms with van der Waals surface area (Å²) in [7, 11) is 1.54. The topological polar surface area (TPSA) is 55.8 Å². The quantitative estimate of drug-likeness (QED) is 0.253. The average Bonchev–Trinajstić information content (AvgIpc) is 3.08. The zero-order valence-corrected chi connectivity index (χ0v) is 22.6. The lowest BCUT2D eigenvalue weighted by molar-refractivity contribution is -0.123. The highest BCUT2D eigenvalue weighted by Gasteiger charge is 2.35. The molecule has 3 aromatic rings. The Balaban J connectivity index is 1.54. The number of amides is 2. The van der Waals surface area contributed by atoms with Crippen LogP contribution in [0.3, 0.4) is 0 Å². The average molecular weight is 624 g/mol. The van der Waals surface area contributed by atoms with E-state index in [1.54, 1.807) is 31.4 Å². The van der Waals surface area contributed by atoms with Crippen molar-refractivity contribution in [2.24, 2.45) is 0 Å². The first-order valence-corrected chi connectivity index (χ1v) is 12.9. The molecule has 0 radical (unpaired) electrons. The molecule has 0 N–H and O–H groups in total. The van der Waals surface area contributed by atoms with Gasteiger partial charge in [0, 0.05) is 19.5 Å². The van der Waals surface area contributed by atoms with Crippen molar-refractivity contribution in [1.82, 2.24) is 4.90 Å². The highest BCUT2D eigenvalue weighted by molar-refractivity contribution is 9.10. The van der Waals surface area contributed by atoms with Gasteiger partial charge in [0.25, 0.3) is 11.1 Å². The predicted octanol–water partition coefficient (Wildman–Crippen LogP) is 7.69. The molecule has 2 amide bonds. The largest absolute Gasteiger partial charge is 0.493 e. The van der Waals surface area contributed by atoms with E-state index in [4.69, 9.17) is 21.1 Å². The smallest absolute Gasteiger partial charge is 0.293 e. The third-order valence-electron chi connectivity index (χ3n) is 5.04. The highest BCUT2D eigenvalue weighted by atomic mass is 79.9. The van der Waals surface area contributed by atoms with Crippen molar-refractivity contribution in [3.63, 3.8) is 0 Å². The third-order valence-corrected chi connectivity index (χ3v) is 7.53. The number of thioether (sulfide) groups is 1. The standard InChI is InChI=1S/C25H18Br2ClNO4S/c1-32-21-10-17(19(27)12-22(21)33-14-16-4-2-3-5-20(16)28)11-23-24(30)29(25(31)34-23)13-15-6-8-18(26)9-7-15/h2-12H,13-14H2,1H3/b23-11-. The van der Waals surface area contributed by atoms with Crippen molar-refractivity contribution < 1.29 is 19.1 Å². The molecule has 1 saturated heterocycles. The van der Waals surface area contributed by atoms with Gasteiger partial charge in [-0.15, -0.1) is 0 Å². The Kier molecular flexibility index (Phi) is 8.03. The second-order valence-corrected chi connectivity index (χ2v) is 10.5. The molecular weight excluding hydrogens is 606 g/mol. The van der Waals surface area contributed by atoms with Gasteiger partial charge in [-0.2, -0.15) is 0 Å². The van der Waals surface area contributed by atoms with E-state index < -0.39 is 0 Å². The van der Waals surface area contributed by atoms with Crippen LogP contribution in [0.15, 0.2) is 74.5 Å². The van der Waals surface area contributed by atoms with Crippen LogP contribution in [0.25, 0.3) is 6.08 Å². The Morgan fingerprint density at radius 1 is 1.03 bits per heavy atom. The molecule has 1 heterocycles. The van der Waals surface area contributed by atoms with E-state index in [-0.39, 0.29) is 24.3 Å². The maximum atomic E-state index is 12.9. The summed E-state index contributed by atoms with van der Waals surface area (Å²) in [6, 6.07) is 18.5. The van der Waals surface area contributed by atoms with Crippen LogP contribution in [0, 0.1) is 0 Å². The molecule has 174 valence electrons. The molecule has 3 aromatic carbocycles. The minimum absolute atomic E-state index is 0.217. The first-order chi connectivity index (χ1) is 16.4. The molecule has 0 saturated carbocycles. The van der Waals surface area contributed by atoms with Gasteiger partial charge in [0.2, 0.25) is 0 Å². The van der Waals surface area contributed by atoms with Crippen LogP contribution in [-0.4, -0.2) is 23.2 Å². The summed E-state index contributed by atoms with van der Waals surface area (Å²) < 4.78 is 13.1. The van der Waals surface area contributed by atoms with E-state index in [0.29, 0.717) is 31.5 Å².